The molecule has 3 aromatic carbocycles. The first-order valence-corrected chi connectivity index (χ1v) is 11.1. The zero-order chi connectivity index (χ0) is 23.5. The summed E-state index contributed by atoms with van der Waals surface area (Å²) in [5.41, 5.74) is 0.263. The molecule has 11 heteroatoms. The number of amides is 2. The molecule has 166 valence electrons. The van der Waals surface area contributed by atoms with Crippen molar-refractivity contribution in [2.45, 2.75) is 5.72 Å². The second kappa shape index (κ2) is 7.74. The Kier molecular flexibility index (Phi) is 5.09. The molecule has 0 saturated carbocycles. The molecule has 1 aliphatic rings. The Hall–Kier alpha value is -3.11. The quantitative estimate of drug-likeness (QED) is 0.267. The molecule has 0 aliphatic carbocycles. The van der Waals surface area contributed by atoms with Crippen LogP contribution in [-0.2, 0) is 5.72 Å². The predicted molar refractivity (Wildman–Crippen MR) is 128 cm³/mol. The van der Waals surface area contributed by atoms with Crippen LogP contribution in [0.15, 0.2) is 59.1 Å². The number of aromatic nitrogens is 2. The topological polar surface area (TPSA) is 119 Å². The fourth-order valence-corrected chi connectivity index (χ4v) is 4.71. The van der Waals surface area contributed by atoms with Crippen LogP contribution >= 0.6 is 39.1 Å². The highest BCUT2D eigenvalue weighted by atomic mass is 79.9. The number of nitrogens with zero attached hydrogens (tertiary/aromatic N) is 2. The summed E-state index contributed by atoms with van der Waals surface area (Å²) in [7, 11) is 0. The SMILES string of the molecule is O=C(O)Nc1nc2ccc(C3(O)c4cc(Cl)c(Cl)cc4C(=O)N3c3cccc(Br)c3)cc2[nH]1. The van der Waals surface area contributed by atoms with Gasteiger partial charge in [-0.05, 0) is 42.5 Å². The lowest BCUT2D eigenvalue weighted by atomic mass is 9.93. The van der Waals surface area contributed by atoms with Gasteiger partial charge in [0.1, 0.15) is 0 Å². The normalized spacial score (nSPS) is 17.5. The molecule has 1 aliphatic heterocycles. The van der Waals surface area contributed by atoms with Crippen LogP contribution in [0.3, 0.4) is 0 Å². The lowest BCUT2D eigenvalue weighted by molar-refractivity contribution is 0.0704. The number of halogens is 3. The third-order valence-electron chi connectivity index (χ3n) is 5.37. The number of benzene rings is 3. The van der Waals surface area contributed by atoms with Crippen molar-refractivity contribution in [3.05, 3.63) is 85.8 Å². The summed E-state index contributed by atoms with van der Waals surface area (Å²) in [6, 6.07) is 14.7. The number of aliphatic hydroxyl groups is 1. The smallest absolute Gasteiger partial charge is 0.411 e. The maximum absolute atomic E-state index is 13.5. The molecule has 0 spiro atoms. The zero-order valence-corrected chi connectivity index (χ0v) is 19.5. The van der Waals surface area contributed by atoms with Gasteiger partial charge in [-0.1, -0.05) is 51.3 Å². The van der Waals surface area contributed by atoms with Crippen molar-refractivity contribution in [1.29, 1.82) is 0 Å². The maximum Gasteiger partial charge on any atom is 0.411 e. The first-order valence-electron chi connectivity index (χ1n) is 9.50. The summed E-state index contributed by atoms with van der Waals surface area (Å²) in [4.78, 5) is 32.7. The van der Waals surface area contributed by atoms with E-state index in [1.807, 2.05) is 0 Å². The van der Waals surface area contributed by atoms with E-state index in [2.05, 4.69) is 31.2 Å². The number of aromatic amines is 1. The van der Waals surface area contributed by atoms with Gasteiger partial charge in [0.25, 0.3) is 5.91 Å². The molecule has 5 rings (SSSR count). The van der Waals surface area contributed by atoms with Crippen molar-refractivity contribution < 1.29 is 19.8 Å². The molecule has 4 N–H and O–H groups in total. The van der Waals surface area contributed by atoms with Crippen molar-refractivity contribution in [3.63, 3.8) is 0 Å². The summed E-state index contributed by atoms with van der Waals surface area (Å²) >= 11 is 15.8. The van der Waals surface area contributed by atoms with E-state index in [0.29, 0.717) is 22.3 Å². The summed E-state index contributed by atoms with van der Waals surface area (Å²) in [6.07, 6.45) is -1.27. The van der Waals surface area contributed by atoms with Gasteiger partial charge in [-0.3, -0.25) is 15.0 Å². The second-order valence-corrected chi connectivity index (χ2v) is 9.08. The van der Waals surface area contributed by atoms with E-state index in [0.717, 1.165) is 4.47 Å². The van der Waals surface area contributed by atoms with Crippen LogP contribution in [0, 0.1) is 0 Å². The van der Waals surface area contributed by atoms with Gasteiger partial charge in [-0.2, -0.15) is 0 Å². The van der Waals surface area contributed by atoms with Gasteiger partial charge in [-0.25, -0.2) is 9.78 Å². The lowest BCUT2D eigenvalue weighted by Gasteiger charge is -2.35. The fourth-order valence-electron chi connectivity index (χ4n) is 3.99. The van der Waals surface area contributed by atoms with E-state index in [1.165, 1.54) is 17.0 Å². The number of hydrogen-bond acceptors (Lipinski definition) is 4. The number of fused-ring (bicyclic) bond motifs is 2. The molecule has 8 nitrogen and oxygen atoms in total. The highest BCUT2D eigenvalue weighted by Crippen LogP contribution is 2.47. The van der Waals surface area contributed by atoms with Crippen LogP contribution in [0.25, 0.3) is 11.0 Å². The molecule has 1 atom stereocenters. The van der Waals surface area contributed by atoms with Crippen molar-refractivity contribution in [1.82, 2.24) is 9.97 Å². The summed E-state index contributed by atoms with van der Waals surface area (Å²) in [6.45, 7) is 0. The van der Waals surface area contributed by atoms with Crippen molar-refractivity contribution >= 4 is 73.8 Å². The Morgan fingerprint density at radius 3 is 2.61 bits per heavy atom. The minimum absolute atomic E-state index is 0.0308. The van der Waals surface area contributed by atoms with E-state index in [-0.39, 0.29) is 27.1 Å². The number of nitrogens with one attached hydrogen (secondary N) is 2. The van der Waals surface area contributed by atoms with Gasteiger partial charge in [0.2, 0.25) is 5.95 Å². The minimum Gasteiger partial charge on any atom is -0.465 e. The van der Waals surface area contributed by atoms with Crippen LogP contribution in [-0.4, -0.2) is 32.2 Å². The van der Waals surface area contributed by atoms with E-state index in [4.69, 9.17) is 28.3 Å². The summed E-state index contributed by atoms with van der Waals surface area (Å²) in [5, 5.41) is 23.6. The molecule has 0 bridgehead atoms. The molecule has 0 radical (unpaired) electrons. The third kappa shape index (κ3) is 3.44. The Labute approximate surface area is 204 Å². The molecular formula is C22H13BrCl2N4O4. The molecule has 2 amide bonds. The number of carbonyl (C=O) groups excluding carboxylic acids is 1. The predicted octanol–water partition coefficient (Wildman–Crippen LogP) is 5.58. The number of anilines is 2. The zero-order valence-electron chi connectivity index (χ0n) is 16.4. The van der Waals surface area contributed by atoms with E-state index in [1.54, 1.807) is 42.5 Å². The number of H-pyrrole nitrogens is 1. The maximum atomic E-state index is 13.5. The Morgan fingerprint density at radius 1 is 1.12 bits per heavy atom. The average Bonchev–Trinajstić information content (AvgIpc) is 3.24. The van der Waals surface area contributed by atoms with Crippen LogP contribution in [0.5, 0.6) is 0 Å². The van der Waals surface area contributed by atoms with Gasteiger partial charge >= 0.3 is 6.09 Å². The Bertz CT molecular complexity index is 1470. The highest BCUT2D eigenvalue weighted by Gasteiger charge is 2.51. The van der Waals surface area contributed by atoms with E-state index in [9.17, 15) is 14.7 Å². The van der Waals surface area contributed by atoms with Crippen molar-refractivity contribution in [3.8, 4) is 0 Å². The Balaban J connectivity index is 1.75. The van der Waals surface area contributed by atoms with Crippen molar-refractivity contribution in [2.24, 2.45) is 0 Å². The van der Waals surface area contributed by atoms with Gasteiger partial charge in [-0.15, -0.1) is 0 Å². The lowest BCUT2D eigenvalue weighted by Crippen LogP contribution is -2.45. The van der Waals surface area contributed by atoms with Crippen LogP contribution in [0.1, 0.15) is 21.5 Å². The number of rotatable bonds is 3. The molecule has 4 aromatic rings. The van der Waals surface area contributed by atoms with Gasteiger partial charge in [0.15, 0.2) is 5.72 Å². The number of carboxylic acid groups (broad SMARTS) is 1. The van der Waals surface area contributed by atoms with Gasteiger partial charge in [0, 0.05) is 26.9 Å². The fraction of sp³-hybridized carbons (Fsp3) is 0.0455. The molecular weight excluding hydrogens is 535 g/mol. The molecule has 2 heterocycles. The molecule has 0 saturated heterocycles. The third-order valence-corrected chi connectivity index (χ3v) is 6.58. The summed E-state index contributed by atoms with van der Waals surface area (Å²) in [5.74, 6) is -0.426. The minimum atomic E-state index is -1.93. The average molecular weight is 548 g/mol. The number of imidazole rings is 1. The van der Waals surface area contributed by atoms with Crippen LogP contribution < -0.4 is 10.2 Å². The first-order chi connectivity index (χ1) is 15.7. The highest BCUT2D eigenvalue weighted by molar-refractivity contribution is 9.10. The van der Waals surface area contributed by atoms with Crippen molar-refractivity contribution in [2.75, 3.05) is 10.2 Å². The molecule has 0 fully saturated rings. The monoisotopic (exact) mass is 546 g/mol. The largest absolute Gasteiger partial charge is 0.465 e. The molecule has 1 aromatic heterocycles. The van der Waals surface area contributed by atoms with Crippen LogP contribution in [0.2, 0.25) is 10.0 Å². The second-order valence-electron chi connectivity index (χ2n) is 7.35. The standard InChI is InChI=1S/C22H13BrCl2N4O4/c23-11-2-1-3-12(7-11)29-19(30)13-8-15(24)16(25)9-14(13)22(29,33)10-4-5-17-18(6-10)27-20(26-17)28-21(31)32/h1-9,33H,(H,31,32)(H2,26,27,28). The van der Waals surface area contributed by atoms with E-state index < -0.39 is 17.7 Å². The summed E-state index contributed by atoms with van der Waals surface area (Å²) < 4.78 is 0.718. The van der Waals surface area contributed by atoms with E-state index >= 15 is 0 Å². The number of carbonyl (C=O) groups is 2. The molecule has 33 heavy (non-hydrogen) atoms. The van der Waals surface area contributed by atoms with Gasteiger partial charge in [0.05, 0.1) is 21.1 Å². The Morgan fingerprint density at radius 2 is 1.88 bits per heavy atom. The first kappa shape index (κ1) is 21.7. The molecule has 1 unspecified atom stereocenters. The van der Waals surface area contributed by atoms with Crippen LogP contribution in [0.4, 0.5) is 16.4 Å². The van der Waals surface area contributed by atoms with Gasteiger partial charge < -0.3 is 15.2 Å². The number of hydrogen-bond donors (Lipinski definition) is 4.